The van der Waals surface area contributed by atoms with Crippen LogP contribution in [0.2, 0.25) is 0 Å². The van der Waals surface area contributed by atoms with Crippen LogP contribution in [0.5, 0.6) is 5.75 Å². The van der Waals surface area contributed by atoms with Gasteiger partial charge in [0.25, 0.3) is 0 Å². The molecule has 0 aliphatic heterocycles. The molecule has 7 heteroatoms. The predicted octanol–water partition coefficient (Wildman–Crippen LogP) is 4.61. The zero-order valence-corrected chi connectivity index (χ0v) is 13.7. The highest BCUT2D eigenvalue weighted by Crippen LogP contribution is 2.38. The molecule has 1 heterocycles. The second kappa shape index (κ2) is 5.87. The monoisotopic (exact) mass is 411 g/mol. The van der Waals surface area contributed by atoms with Gasteiger partial charge in [-0.15, -0.1) is 11.3 Å². The second-order valence-corrected chi connectivity index (χ2v) is 7.01. The van der Waals surface area contributed by atoms with E-state index in [1.165, 1.54) is 18.4 Å². The number of nitrogens with two attached hydrogens (primary N) is 1. The maximum Gasteiger partial charge on any atom is 0.134 e. The second-order valence-electron chi connectivity index (χ2n) is 3.75. The quantitative estimate of drug-likeness (QED) is 0.798. The third kappa shape index (κ3) is 2.99. The van der Waals surface area contributed by atoms with Crippen LogP contribution in [-0.4, -0.2) is 7.11 Å². The number of ether oxygens (including phenoxy) is 1. The summed E-state index contributed by atoms with van der Waals surface area (Å²) in [4.78, 5) is 0.654. The first-order valence-corrected chi connectivity index (χ1v) is 7.57. The molecule has 0 amide bonds. The van der Waals surface area contributed by atoms with E-state index < -0.39 is 17.7 Å². The van der Waals surface area contributed by atoms with Crippen molar-refractivity contribution in [1.29, 1.82) is 0 Å². The molecule has 1 atom stereocenters. The third-order valence-corrected chi connectivity index (χ3v) is 5.91. The van der Waals surface area contributed by atoms with E-state index in [1.807, 2.05) is 0 Å². The van der Waals surface area contributed by atoms with E-state index >= 15 is 0 Å². The van der Waals surface area contributed by atoms with E-state index in [0.29, 0.717) is 4.88 Å². The lowest BCUT2D eigenvalue weighted by Crippen LogP contribution is -2.14. The van der Waals surface area contributed by atoms with Crippen molar-refractivity contribution in [2.75, 3.05) is 7.11 Å². The van der Waals surface area contributed by atoms with E-state index in [0.717, 1.165) is 20.4 Å². The Labute approximate surface area is 129 Å². The van der Waals surface area contributed by atoms with Gasteiger partial charge in [0.2, 0.25) is 0 Å². The zero-order chi connectivity index (χ0) is 14.2. The Bertz CT molecular complexity index is 575. The summed E-state index contributed by atoms with van der Waals surface area (Å²) in [5, 5.41) is 0. The van der Waals surface area contributed by atoms with Crippen molar-refractivity contribution in [1.82, 2.24) is 0 Å². The minimum Gasteiger partial charge on any atom is -0.497 e. The first kappa shape index (κ1) is 14.9. The molecule has 0 aliphatic rings. The highest BCUT2D eigenvalue weighted by molar-refractivity contribution is 9.13. The fourth-order valence-corrected chi connectivity index (χ4v) is 3.74. The smallest absolute Gasteiger partial charge is 0.134 e. The molecule has 19 heavy (non-hydrogen) atoms. The van der Waals surface area contributed by atoms with Crippen LogP contribution in [0.3, 0.4) is 0 Å². The molecule has 0 bridgehead atoms. The molecule has 2 aromatic rings. The van der Waals surface area contributed by atoms with E-state index in [2.05, 4.69) is 31.9 Å². The number of halogens is 4. The molecule has 2 rings (SSSR count). The molecule has 102 valence electrons. The SMILES string of the molecule is COc1cc(F)c(C(N)c2cc(Br)c(Br)s2)c(F)c1. The molecule has 0 radical (unpaired) electrons. The summed E-state index contributed by atoms with van der Waals surface area (Å²) in [6, 6.07) is 3.12. The van der Waals surface area contributed by atoms with Crippen molar-refractivity contribution in [2.45, 2.75) is 6.04 Å². The normalized spacial score (nSPS) is 12.5. The molecule has 1 aromatic carbocycles. The predicted molar refractivity (Wildman–Crippen MR) is 78.7 cm³/mol. The van der Waals surface area contributed by atoms with Gasteiger partial charge in [0.05, 0.1) is 16.9 Å². The van der Waals surface area contributed by atoms with E-state index in [1.54, 1.807) is 6.07 Å². The highest BCUT2D eigenvalue weighted by Gasteiger charge is 2.22. The highest BCUT2D eigenvalue weighted by atomic mass is 79.9. The van der Waals surface area contributed by atoms with Gasteiger partial charge < -0.3 is 10.5 Å². The fourth-order valence-electron chi connectivity index (χ4n) is 1.63. The summed E-state index contributed by atoms with van der Waals surface area (Å²) >= 11 is 7.97. The maximum atomic E-state index is 13.9. The summed E-state index contributed by atoms with van der Waals surface area (Å²) in [7, 11) is 1.35. The molecule has 0 saturated heterocycles. The molecule has 2 N–H and O–H groups in total. The van der Waals surface area contributed by atoms with Crippen LogP contribution in [0.25, 0.3) is 0 Å². The fraction of sp³-hybridized carbons (Fsp3) is 0.167. The van der Waals surface area contributed by atoms with Crippen LogP contribution in [0.4, 0.5) is 8.78 Å². The summed E-state index contributed by atoms with van der Waals surface area (Å²) in [6.07, 6.45) is 0. The van der Waals surface area contributed by atoms with Crippen molar-refractivity contribution in [3.63, 3.8) is 0 Å². The van der Waals surface area contributed by atoms with Crippen molar-refractivity contribution in [3.05, 3.63) is 48.5 Å². The first-order chi connectivity index (χ1) is 8.93. The number of methoxy groups -OCH3 is 1. The summed E-state index contributed by atoms with van der Waals surface area (Å²) in [5.41, 5.74) is 5.77. The van der Waals surface area contributed by atoms with Gasteiger partial charge >= 0.3 is 0 Å². The molecule has 0 aliphatic carbocycles. The van der Waals surface area contributed by atoms with Gasteiger partial charge in [-0.2, -0.15) is 0 Å². The molecular formula is C12H9Br2F2NOS. The van der Waals surface area contributed by atoms with Gasteiger partial charge in [0, 0.05) is 27.0 Å². The van der Waals surface area contributed by atoms with Crippen LogP contribution in [-0.2, 0) is 0 Å². The first-order valence-electron chi connectivity index (χ1n) is 5.17. The lowest BCUT2D eigenvalue weighted by Gasteiger charge is -2.13. The Balaban J connectivity index is 2.46. The molecule has 0 fully saturated rings. The van der Waals surface area contributed by atoms with Crippen molar-refractivity contribution in [3.8, 4) is 5.75 Å². The van der Waals surface area contributed by atoms with Crippen LogP contribution in [0.1, 0.15) is 16.5 Å². The van der Waals surface area contributed by atoms with Crippen LogP contribution < -0.4 is 10.5 Å². The van der Waals surface area contributed by atoms with E-state index in [9.17, 15) is 8.78 Å². The number of thiophene rings is 1. The number of rotatable bonds is 3. The Kier molecular flexibility index (Phi) is 4.60. The lowest BCUT2D eigenvalue weighted by molar-refractivity contribution is 0.404. The number of hydrogen-bond acceptors (Lipinski definition) is 3. The molecule has 2 nitrogen and oxygen atoms in total. The van der Waals surface area contributed by atoms with Gasteiger partial charge in [0.1, 0.15) is 17.4 Å². The minimum absolute atomic E-state index is 0.125. The standard InChI is InChI=1S/C12H9Br2F2NOS/c1-18-5-2-7(15)10(8(16)3-5)11(17)9-4-6(13)12(14)19-9/h2-4,11H,17H2,1H3. The number of hydrogen-bond donors (Lipinski definition) is 1. The van der Waals surface area contributed by atoms with Gasteiger partial charge in [-0.05, 0) is 37.9 Å². The van der Waals surface area contributed by atoms with Gasteiger partial charge in [-0.1, -0.05) is 0 Å². The Morgan fingerprint density at radius 3 is 2.21 bits per heavy atom. The minimum atomic E-state index is -0.862. The third-order valence-electron chi connectivity index (χ3n) is 2.57. The summed E-state index contributed by atoms with van der Waals surface area (Å²) < 4.78 is 34.3. The average molecular weight is 413 g/mol. The zero-order valence-electron chi connectivity index (χ0n) is 9.72. The molecule has 1 aromatic heterocycles. The van der Waals surface area contributed by atoms with Crippen molar-refractivity contribution < 1.29 is 13.5 Å². The average Bonchev–Trinajstić information content (AvgIpc) is 2.68. The van der Waals surface area contributed by atoms with E-state index in [4.69, 9.17) is 10.5 Å². The Hall–Kier alpha value is -0.500. The van der Waals surface area contributed by atoms with Gasteiger partial charge in [-0.3, -0.25) is 0 Å². The molecular weight excluding hydrogens is 404 g/mol. The lowest BCUT2D eigenvalue weighted by atomic mass is 10.0. The Morgan fingerprint density at radius 1 is 1.21 bits per heavy atom. The van der Waals surface area contributed by atoms with Gasteiger partial charge in [-0.25, -0.2) is 8.78 Å². The Morgan fingerprint density at radius 2 is 1.79 bits per heavy atom. The maximum absolute atomic E-state index is 13.9. The summed E-state index contributed by atoms with van der Waals surface area (Å²) in [5.74, 6) is -1.31. The molecule has 1 unspecified atom stereocenters. The largest absolute Gasteiger partial charge is 0.497 e. The van der Waals surface area contributed by atoms with Crippen molar-refractivity contribution >= 4 is 43.2 Å². The number of benzene rings is 1. The van der Waals surface area contributed by atoms with Crippen LogP contribution in [0.15, 0.2) is 26.5 Å². The van der Waals surface area contributed by atoms with Crippen molar-refractivity contribution in [2.24, 2.45) is 5.73 Å². The van der Waals surface area contributed by atoms with Gasteiger partial charge in [0.15, 0.2) is 0 Å². The van der Waals surface area contributed by atoms with E-state index in [-0.39, 0.29) is 11.3 Å². The topological polar surface area (TPSA) is 35.2 Å². The molecule has 0 saturated carbocycles. The van der Waals surface area contributed by atoms with Crippen LogP contribution >= 0.6 is 43.2 Å². The summed E-state index contributed by atoms with van der Waals surface area (Å²) in [6.45, 7) is 0. The van der Waals surface area contributed by atoms with Crippen LogP contribution in [0, 0.1) is 11.6 Å². The molecule has 0 spiro atoms.